The Kier molecular flexibility index (Phi) is 4.85. The molecule has 0 aromatic rings. The van der Waals surface area contributed by atoms with Crippen molar-refractivity contribution < 1.29 is 14.6 Å². The molecule has 0 aromatic carbocycles. The number of hydrogen-bond donors (Lipinski definition) is 1. The molecule has 0 radical (unpaired) electrons. The summed E-state index contributed by atoms with van der Waals surface area (Å²) in [6, 6.07) is 0. The molecular formula is C11H22O3. The highest BCUT2D eigenvalue weighted by molar-refractivity contribution is 4.90. The molecule has 0 heterocycles. The van der Waals surface area contributed by atoms with Crippen molar-refractivity contribution in [2.24, 2.45) is 0 Å². The predicted octanol–water partition coefficient (Wildman–Crippen LogP) is 1.73. The van der Waals surface area contributed by atoms with E-state index in [-0.39, 0.29) is 5.60 Å². The van der Waals surface area contributed by atoms with Crippen LogP contribution in [0.4, 0.5) is 0 Å². The zero-order valence-corrected chi connectivity index (χ0v) is 9.29. The third kappa shape index (κ3) is 2.69. The molecule has 0 bridgehead atoms. The van der Waals surface area contributed by atoms with Gasteiger partial charge in [0, 0.05) is 13.7 Å². The quantitative estimate of drug-likeness (QED) is 0.738. The normalized spacial score (nSPS) is 23.4. The summed E-state index contributed by atoms with van der Waals surface area (Å²) in [6.07, 6.45) is 4.99. The van der Waals surface area contributed by atoms with Crippen molar-refractivity contribution in [2.45, 2.75) is 50.7 Å². The maximum absolute atomic E-state index is 10.0. The van der Waals surface area contributed by atoms with Crippen molar-refractivity contribution >= 4 is 0 Å². The Morgan fingerprint density at radius 2 is 1.93 bits per heavy atom. The minimum atomic E-state index is -0.479. The van der Waals surface area contributed by atoms with E-state index in [2.05, 4.69) is 0 Å². The number of rotatable bonds is 5. The molecular weight excluding hydrogens is 180 g/mol. The maximum atomic E-state index is 10.0. The lowest BCUT2D eigenvalue weighted by Gasteiger charge is -2.39. The Morgan fingerprint density at radius 1 is 1.29 bits per heavy atom. The Hall–Kier alpha value is -0.120. The van der Waals surface area contributed by atoms with Crippen molar-refractivity contribution in [3.63, 3.8) is 0 Å². The number of aliphatic hydroxyl groups excluding tert-OH is 1. The van der Waals surface area contributed by atoms with Crippen LogP contribution in [0.25, 0.3) is 0 Å². The fourth-order valence-corrected chi connectivity index (χ4v) is 2.20. The van der Waals surface area contributed by atoms with Crippen molar-refractivity contribution in [1.29, 1.82) is 0 Å². The first kappa shape index (κ1) is 12.0. The number of aliphatic hydroxyl groups is 1. The third-order valence-corrected chi connectivity index (χ3v) is 3.19. The van der Waals surface area contributed by atoms with Crippen LogP contribution >= 0.6 is 0 Å². The molecule has 0 aromatic heterocycles. The van der Waals surface area contributed by atoms with E-state index < -0.39 is 6.10 Å². The van der Waals surface area contributed by atoms with Gasteiger partial charge >= 0.3 is 0 Å². The van der Waals surface area contributed by atoms with Gasteiger partial charge in [-0.2, -0.15) is 0 Å². The minimum Gasteiger partial charge on any atom is -0.388 e. The summed E-state index contributed by atoms with van der Waals surface area (Å²) < 4.78 is 10.8. The van der Waals surface area contributed by atoms with Crippen molar-refractivity contribution in [1.82, 2.24) is 0 Å². The first-order valence-electron chi connectivity index (χ1n) is 5.56. The van der Waals surface area contributed by atoms with Gasteiger partial charge in [0.05, 0.1) is 12.2 Å². The number of methoxy groups -OCH3 is 1. The molecule has 3 heteroatoms. The van der Waals surface area contributed by atoms with E-state index in [1.54, 1.807) is 7.11 Å². The Bertz CT molecular complexity index is 153. The fourth-order valence-electron chi connectivity index (χ4n) is 2.20. The largest absolute Gasteiger partial charge is 0.388 e. The molecule has 0 aliphatic heterocycles. The van der Waals surface area contributed by atoms with Gasteiger partial charge in [0.15, 0.2) is 0 Å². The molecule has 1 saturated carbocycles. The van der Waals surface area contributed by atoms with E-state index in [1.807, 2.05) is 6.92 Å². The van der Waals surface area contributed by atoms with Crippen LogP contribution in [-0.4, -0.2) is 37.1 Å². The predicted molar refractivity (Wildman–Crippen MR) is 55.3 cm³/mol. The monoisotopic (exact) mass is 202 g/mol. The van der Waals surface area contributed by atoms with E-state index in [9.17, 15) is 5.11 Å². The van der Waals surface area contributed by atoms with Gasteiger partial charge in [-0.1, -0.05) is 19.3 Å². The highest BCUT2D eigenvalue weighted by Crippen LogP contribution is 2.34. The standard InChI is InChI=1S/C11H22O3/c1-3-14-9-10(12)11(13-2)7-5-4-6-8-11/h10,12H,3-9H2,1-2H3. The lowest BCUT2D eigenvalue weighted by molar-refractivity contribution is -0.143. The van der Waals surface area contributed by atoms with E-state index in [4.69, 9.17) is 9.47 Å². The van der Waals surface area contributed by atoms with Crippen LogP contribution < -0.4 is 0 Å². The second-order valence-electron chi connectivity index (χ2n) is 4.00. The van der Waals surface area contributed by atoms with Crippen LogP contribution in [0.5, 0.6) is 0 Å². The molecule has 1 atom stereocenters. The SMILES string of the molecule is CCOCC(O)C1(OC)CCCCC1. The summed E-state index contributed by atoms with van der Waals surface area (Å²) in [4.78, 5) is 0. The van der Waals surface area contributed by atoms with Gasteiger partial charge in [0.25, 0.3) is 0 Å². The zero-order chi connectivity index (χ0) is 10.4. The summed E-state index contributed by atoms with van der Waals surface area (Å²) in [5, 5.41) is 10.0. The lowest BCUT2D eigenvalue weighted by atomic mass is 9.80. The maximum Gasteiger partial charge on any atom is 0.106 e. The Labute approximate surface area is 86.4 Å². The Morgan fingerprint density at radius 3 is 2.43 bits per heavy atom. The van der Waals surface area contributed by atoms with E-state index in [1.165, 1.54) is 6.42 Å². The van der Waals surface area contributed by atoms with E-state index >= 15 is 0 Å². The smallest absolute Gasteiger partial charge is 0.106 e. The van der Waals surface area contributed by atoms with Crippen LogP contribution in [0, 0.1) is 0 Å². The van der Waals surface area contributed by atoms with Crippen LogP contribution in [0.15, 0.2) is 0 Å². The highest BCUT2D eigenvalue weighted by atomic mass is 16.5. The number of hydrogen-bond acceptors (Lipinski definition) is 3. The minimum absolute atomic E-state index is 0.340. The summed E-state index contributed by atoms with van der Waals surface area (Å²) in [6.45, 7) is 2.98. The lowest BCUT2D eigenvalue weighted by Crippen LogP contribution is -2.48. The summed E-state index contributed by atoms with van der Waals surface area (Å²) in [7, 11) is 1.69. The average molecular weight is 202 g/mol. The van der Waals surface area contributed by atoms with Gasteiger partial charge in [-0.15, -0.1) is 0 Å². The van der Waals surface area contributed by atoms with Crippen LogP contribution in [0.1, 0.15) is 39.0 Å². The van der Waals surface area contributed by atoms with Crippen molar-refractivity contribution in [2.75, 3.05) is 20.3 Å². The van der Waals surface area contributed by atoms with E-state index in [0.29, 0.717) is 13.2 Å². The first-order valence-corrected chi connectivity index (χ1v) is 5.56. The zero-order valence-electron chi connectivity index (χ0n) is 9.29. The molecule has 1 fully saturated rings. The van der Waals surface area contributed by atoms with Crippen molar-refractivity contribution in [3.05, 3.63) is 0 Å². The summed E-state index contributed by atoms with van der Waals surface area (Å²) in [5.41, 5.74) is -0.340. The second kappa shape index (κ2) is 5.69. The Balaban J connectivity index is 2.48. The molecule has 14 heavy (non-hydrogen) atoms. The van der Waals surface area contributed by atoms with Crippen LogP contribution in [0.3, 0.4) is 0 Å². The molecule has 1 aliphatic carbocycles. The molecule has 0 amide bonds. The van der Waals surface area contributed by atoms with E-state index in [0.717, 1.165) is 25.7 Å². The fraction of sp³-hybridized carbons (Fsp3) is 1.00. The molecule has 0 spiro atoms. The third-order valence-electron chi connectivity index (χ3n) is 3.19. The van der Waals surface area contributed by atoms with Gasteiger partial charge in [-0.3, -0.25) is 0 Å². The summed E-state index contributed by atoms with van der Waals surface area (Å²) in [5.74, 6) is 0. The summed E-state index contributed by atoms with van der Waals surface area (Å²) >= 11 is 0. The topological polar surface area (TPSA) is 38.7 Å². The van der Waals surface area contributed by atoms with Crippen molar-refractivity contribution in [3.8, 4) is 0 Å². The van der Waals surface area contributed by atoms with Gasteiger partial charge in [-0.25, -0.2) is 0 Å². The molecule has 1 rings (SSSR count). The molecule has 1 aliphatic rings. The highest BCUT2D eigenvalue weighted by Gasteiger charge is 2.39. The second-order valence-corrected chi connectivity index (χ2v) is 4.00. The molecule has 84 valence electrons. The number of ether oxygens (including phenoxy) is 2. The average Bonchev–Trinajstić information content (AvgIpc) is 2.26. The first-order chi connectivity index (χ1) is 6.75. The van der Waals surface area contributed by atoms with Gasteiger partial charge in [-0.05, 0) is 19.8 Å². The molecule has 0 saturated heterocycles. The van der Waals surface area contributed by atoms with Gasteiger partial charge in [0.1, 0.15) is 6.10 Å². The molecule has 3 nitrogen and oxygen atoms in total. The van der Waals surface area contributed by atoms with Gasteiger partial charge in [0.2, 0.25) is 0 Å². The van der Waals surface area contributed by atoms with Gasteiger partial charge < -0.3 is 14.6 Å². The molecule has 1 N–H and O–H groups in total. The van der Waals surface area contributed by atoms with Crippen LogP contribution in [0.2, 0.25) is 0 Å². The van der Waals surface area contributed by atoms with Crippen LogP contribution in [-0.2, 0) is 9.47 Å². The molecule has 1 unspecified atom stereocenters.